The summed E-state index contributed by atoms with van der Waals surface area (Å²) in [6.07, 6.45) is 2.10. The molecular weight excluding hydrogens is 453 g/mol. The fourth-order valence-corrected chi connectivity index (χ4v) is 3.70. The minimum atomic E-state index is 0. The Morgan fingerprint density at radius 1 is 1.15 bits per heavy atom. The summed E-state index contributed by atoms with van der Waals surface area (Å²) >= 11 is 0. The second-order valence-electron chi connectivity index (χ2n) is 6.75. The third-order valence-corrected chi connectivity index (χ3v) is 5.10. The molecular formula is C21H26IN3O2. The highest BCUT2D eigenvalue weighted by Crippen LogP contribution is 2.32. The fraction of sp³-hybridized carbons (Fsp3) is 0.381. The number of rotatable bonds is 4. The van der Waals surface area contributed by atoms with E-state index in [4.69, 9.17) is 9.47 Å². The van der Waals surface area contributed by atoms with Gasteiger partial charge in [-0.25, -0.2) is 0 Å². The maximum absolute atomic E-state index is 5.45. The van der Waals surface area contributed by atoms with E-state index in [1.54, 1.807) is 0 Å². The molecule has 2 heterocycles. The summed E-state index contributed by atoms with van der Waals surface area (Å²) < 4.78 is 10.8. The van der Waals surface area contributed by atoms with Crippen molar-refractivity contribution in [1.82, 2.24) is 10.2 Å². The number of nitrogens with zero attached hydrogens (tertiary/aromatic N) is 2. The third-order valence-electron chi connectivity index (χ3n) is 5.10. The molecule has 0 saturated carbocycles. The number of nitrogens with one attached hydrogen (secondary N) is 1. The highest BCUT2D eigenvalue weighted by atomic mass is 127. The van der Waals surface area contributed by atoms with Crippen molar-refractivity contribution < 1.29 is 9.47 Å². The number of benzene rings is 2. The molecule has 4 rings (SSSR count). The first-order chi connectivity index (χ1) is 12.8. The molecule has 0 bridgehead atoms. The lowest BCUT2D eigenvalue weighted by Gasteiger charge is -2.22. The molecule has 0 aliphatic carbocycles. The molecule has 2 aromatic carbocycles. The molecule has 0 aromatic heterocycles. The first kappa shape index (κ1) is 19.8. The number of guanidine groups is 1. The molecule has 6 heteroatoms. The Hall–Kier alpha value is -1.96. The SMILES string of the molecule is CN=C(NCCc1ccc2c(c1)OCO2)N1CCC(c2ccccc2)C1.I. The van der Waals surface area contributed by atoms with Crippen molar-refractivity contribution >= 4 is 29.9 Å². The lowest BCUT2D eigenvalue weighted by Crippen LogP contribution is -2.40. The van der Waals surface area contributed by atoms with Crippen LogP contribution in [0.5, 0.6) is 11.5 Å². The Morgan fingerprint density at radius 2 is 1.96 bits per heavy atom. The van der Waals surface area contributed by atoms with Crippen LogP contribution >= 0.6 is 24.0 Å². The van der Waals surface area contributed by atoms with Gasteiger partial charge >= 0.3 is 0 Å². The largest absolute Gasteiger partial charge is 0.454 e. The normalized spacial score (nSPS) is 18.3. The Bertz CT molecular complexity index is 782. The molecule has 2 aromatic rings. The van der Waals surface area contributed by atoms with Crippen LogP contribution in [0.1, 0.15) is 23.5 Å². The minimum Gasteiger partial charge on any atom is -0.454 e. The van der Waals surface area contributed by atoms with Gasteiger partial charge < -0.3 is 19.7 Å². The number of halogens is 1. The van der Waals surface area contributed by atoms with E-state index in [2.05, 4.69) is 57.7 Å². The van der Waals surface area contributed by atoms with Crippen molar-refractivity contribution in [2.24, 2.45) is 4.99 Å². The molecule has 1 unspecified atom stereocenters. The topological polar surface area (TPSA) is 46.1 Å². The van der Waals surface area contributed by atoms with Gasteiger partial charge in [-0.1, -0.05) is 36.4 Å². The lowest BCUT2D eigenvalue weighted by atomic mass is 9.99. The maximum atomic E-state index is 5.45. The summed E-state index contributed by atoms with van der Waals surface area (Å²) in [7, 11) is 1.86. The first-order valence-corrected chi connectivity index (χ1v) is 9.22. The smallest absolute Gasteiger partial charge is 0.231 e. The van der Waals surface area contributed by atoms with Crippen LogP contribution in [-0.4, -0.2) is 44.3 Å². The standard InChI is InChI=1S/C21H25N3O2.HI/c1-22-21(24-12-10-18(14-24)17-5-3-2-4-6-17)23-11-9-16-7-8-19-20(13-16)26-15-25-19;/h2-8,13,18H,9-12,14-15H2,1H3,(H,22,23);1H. The van der Waals surface area contributed by atoms with Crippen LogP contribution < -0.4 is 14.8 Å². The van der Waals surface area contributed by atoms with Gasteiger partial charge in [-0.3, -0.25) is 4.99 Å². The van der Waals surface area contributed by atoms with Gasteiger partial charge in [0, 0.05) is 32.6 Å². The predicted molar refractivity (Wildman–Crippen MR) is 118 cm³/mol. The quantitative estimate of drug-likeness (QED) is 0.414. The van der Waals surface area contributed by atoms with Gasteiger partial charge in [0.1, 0.15) is 0 Å². The highest BCUT2D eigenvalue weighted by molar-refractivity contribution is 14.0. The predicted octanol–water partition coefficient (Wildman–Crippen LogP) is 3.64. The second-order valence-corrected chi connectivity index (χ2v) is 6.75. The van der Waals surface area contributed by atoms with Gasteiger partial charge in [0.2, 0.25) is 6.79 Å². The van der Waals surface area contributed by atoms with Gasteiger partial charge in [0.05, 0.1) is 0 Å². The Labute approximate surface area is 177 Å². The summed E-state index contributed by atoms with van der Waals surface area (Å²) in [4.78, 5) is 6.83. The van der Waals surface area contributed by atoms with Crippen LogP contribution in [0.2, 0.25) is 0 Å². The minimum absolute atomic E-state index is 0. The van der Waals surface area contributed by atoms with Crippen molar-refractivity contribution in [2.75, 3.05) is 33.5 Å². The zero-order valence-electron chi connectivity index (χ0n) is 15.6. The summed E-state index contributed by atoms with van der Waals surface area (Å²) in [6.45, 7) is 3.23. The number of ether oxygens (including phenoxy) is 2. The average molecular weight is 479 g/mol. The van der Waals surface area contributed by atoms with E-state index < -0.39 is 0 Å². The van der Waals surface area contributed by atoms with Gasteiger partial charge in [-0.05, 0) is 36.1 Å². The van der Waals surface area contributed by atoms with Crippen molar-refractivity contribution in [3.05, 3.63) is 59.7 Å². The van der Waals surface area contributed by atoms with Crippen molar-refractivity contribution in [2.45, 2.75) is 18.8 Å². The number of aliphatic imine (C=N–C) groups is 1. The monoisotopic (exact) mass is 479 g/mol. The van der Waals surface area contributed by atoms with E-state index >= 15 is 0 Å². The van der Waals surface area contributed by atoms with Crippen LogP contribution in [0.25, 0.3) is 0 Å². The third kappa shape index (κ3) is 4.66. The summed E-state index contributed by atoms with van der Waals surface area (Å²) in [6, 6.07) is 16.9. The van der Waals surface area contributed by atoms with E-state index in [1.807, 2.05) is 13.1 Å². The van der Waals surface area contributed by atoms with Gasteiger partial charge in [-0.15, -0.1) is 24.0 Å². The van der Waals surface area contributed by atoms with Crippen LogP contribution in [0, 0.1) is 0 Å². The number of fused-ring (bicyclic) bond motifs is 1. The molecule has 0 radical (unpaired) electrons. The van der Waals surface area contributed by atoms with Crippen LogP contribution in [0.4, 0.5) is 0 Å². The molecule has 27 heavy (non-hydrogen) atoms. The van der Waals surface area contributed by atoms with Gasteiger partial charge in [0.15, 0.2) is 17.5 Å². The number of hydrogen-bond donors (Lipinski definition) is 1. The number of hydrogen-bond acceptors (Lipinski definition) is 3. The molecule has 1 atom stereocenters. The molecule has 2 aliphatic rings. The van der Waals surface area contributed by atoms with E-state index in [9.17, 15) is 0 Å². The summed E-state index contributed by atoms with van der Waals surface area (Å²) in [5.41, 5.74) is 2.66. The Morgan fingerprint density at radius 3 is 2.78 bits per heavy atom. The van der Waals surface area contributed by atoms with Crippen molar-refractivity contribution in [1.29, 1.82) is 0 Å². The summed E-state index contributed by atoms with van der Waals surface area (Å²) in [5.74, 6) is 3.26. The molecule has 2 aliphatic heterocycles. The average Bonchev–Trinajstić information content (AvgIpc) is 3.35. The first-order valence-electron chi connectivity index (χ1n) is 9.22. The van der Waals surface area contributed by atoms with E-state index in [1.165, 1.54) is 17.5 Å². The molecule has 1 N–H and O–H groups in total. The molecule has 144 valence electrons. The Kier molecular flexibility index (Phi) is 6.82. The molecule has 0 amide bonds. The molecule has 1 fully saturated rings. The van der Waals surface area contributed by atoms with Gasteiger partial charge in [-0.2, -0.15) is 0 Å². The number of likely N-dealkylation sites (tertiary alicyclic amines) is 1. The van der Waals surface area contributed by atoms with Gasteiger partial charge in [0.25, 0.3) is 0 Å². The van der Waals surface area contributed by atoms with Crippen molar-refractivity contribution in [3.63, 3.8) is 0 Å². The van der Waals surface area contributed by atoms with Crippen molar-refractivity contribution in [3.8, 4) is 11.5 Å². The molecule has 1 saturated heterocycles. The zero-order valence-corrected chi connectivity index (χ0v) is 17.9. The van der Waals surface area contributed by atoms with E-state index in [-0.39, 0.29) is 24.0 Å². The zero-order chi connectivity index (χ0) is 17.8. The van der Waals surface area contributed by atoms with E-state index in [0.29, 0.717) is 12.7 Å². The summed E-state index contributed by atoms with van der Waals surface area (Å²) in [5, 5.41) is 3.50. The highest BCUT2D eigenvalue weighted by Gasteiger charge is 2.25. The lowest BCUT2D eigenvalue weighted by molar-refractivity contribution is 0.174. The van der Waals surface area contributed by atoms with Crippen LogP contribution in [-0.2, 0) is 6.42 Å². The fourth-order valence-electron chi connectivity index (χ4n) is 3.70. The van der Waals surface area contributed by atoms with Crippen LogP contribution in [0.15, 0.2) is 53.5 Å². The maximum Gasteiger partial charge on any atom is 0.231 e. The van der Waals surface area contributed by atoms with E-state index in [0.717, 1.165) is 43.5 Å². The molecule has 0 spiro atoms. The van der Waals surface area contributed by atoms with Crippen LogP contribution in [0.3, 0.4) is 0 Å². The molecule has 5 nitrogen and oxygen atoms in total. The Balaban J connectivity index is 0.00000210. The second kappa shape index (κ2) is 9.30.